The van der Waals surface area contributed by atoms with Crippen molar-refractivity contribution in [1.82, 2.24) is 4.98 Å². The van der Waals surface area contributed by atoms with Gasteiger partial charge in [-0.25, -0.2) is 4.39 Å². The maximum atomic E-state index is 13.8. The Hall–Kier alpha value is -4.26. The van der Waals surface area contributed by atoms with Gasteiger partial charge in [0.2, 0.25) is 5.91 Å². The Bertz CT molecular complexity index is 1340. The van der Waals surface area contributed by atoms with E-state index in [-0.39, 0.29) is 18.2 Å². The zero-order chi connectivity index (χ0) is 22.8. The van der Waals surface area contributed by atoms with Crippen LogP contribution in [-0.4, -0.2) is 29.4 Å². The molecule has 0 bridgehead atoms. The second-order valence-corrected chi connectivity index (χ2v) is 7.76. The van der Waals surface area contributed by atoms with Crippen molar-refractivity contribution in [3.05, 3.63) is 96.6 Å². The maximum absolute atomic E-state index is 13.8. The number of rotatable bonds is 5. The van der Waals surface area contributed by atoms with Crippen LogP contribution < -0.4 is 15.0 Å². The van der Waals surface area contributed by atoms with E-state index in [2.05, 4.69) is 10.3 Å². The van der Waals surface area contributed by atoms with Crippen LogP contribution in [-0.2, 0) is 16.0 Å². The summed E-state index contributed by atoms with van der Waals surface area (Å²) in [6, 6.07) is 20.0. The third-order valence-electron chi connectivity index (χ3n) is 5.62. The topological polar surface area (TPSA) is 71.5 Å². The summed E-state index contributed by atoms with van der Waals surface area (Å²) in [4.78, 5) is 31.9. The molecule has 2 amide bonds. The van der Waals surface area contributed by atoms with Crippen molar-refractivity contribution < 1.29 is 18.7 Å². The highest BCUT2D eigenvalue weighted by molar-refractivity contribution is 6.12. The Morgan fingerprint density at radius 1 is 1.06 bits per heavy atom. The van der Waals surface area contributed by atoms with Gasteiger partial charge in [-0.15, -0.1) is 0 Å². The number of ether oxygens (including phenoxy) is 1. The molecule has 0 spiro atoms. The van der Waals surface area contributed by atoms with Crippen LogP contribution >= 0.6 is 0 Å². The number of pyridine rings is 1. The van der Waals surface area contributed by atoms with Crippen LogP contribution in [0.4, 0.5) is 15.8 Å². The van der Waals surface area contributed by atoms with Gasteiger partial charge in [-0.05, 0) is 35.9 Å². The van der Waals surface area contributed by atoms with E-state index in [9.17, 15) is 14.0 Å². The SMILES string of the molecule is O=C1Nc2cc(F)ccc2N(C(=O)COc2cccc3cnccc23)C1Cc1ccccc1. The molecule has 164 valence electrons. The molecule has 0 aliphatic carbocycles. The molecule has 0 saturated heterocycles. The Kier molecular flexibility index (Phi) is 5.44. The Morgan fingerprint density at radius 2 is 1.91 bits per heavy atom. The summed E-state index contributed by atoms with van der Waals surface area (Å²) < 4.78 is 19.7. The molecule has 7 heteroatoms. The third-order valence-corrected chi connectivity index (χ3v) is 5.62. The summed E-state index contributed by atoms with van der Waals surface area (Å²) >= 11 is 0. The second-order valence-electron chi connectivity index (χ2n) is 7.76. The molecule has 1 aliphatic rings. The number of halogens is 1. The molecule has 1 aliphatic heterocycles. The van der Waals surface area contributed by atoms with E-state index in [1.807, 2.05) is 48.5 Å². The van der Waals surface area contributed by atoms with E-state index < -0.39 is 17.8 Å². The van der Waals surface area contributed by atoms with Crippen molar-refractivity contribution in [2.75, 3.05) is 16.8 Å². The molecular formula is C26H20FN3O3. The van der Waals surface area contributed by atoms with Gasteiger partial charge in [0, 0.05) is 29.6 Å². The minimum atomic E-state index is -0.793. The van der Waals surface area contributed by atoms with Crippen molar-refractivity contribution in [3.63, 3.8) is 0 Å². The summed E-state index contributed by atoms with van der Waals surface area (Å²) in [5.41, 5.74) is 1.60. The number of aromatic nitrogens is 1. The predicted octanol–water partition coefficient (Wildman–Crippen LogP) is 4.35. The van der Waals surface area contributed by atoms with Gasteiger partial charge in [-0.2, -0.15) is 0 Å². The second kappa shape index (κ2) is 8.70. The first-order valence-electron chi connectivity index (χ1n) is 10.5. The smallest absolute Gasteiger partial charge is 0.265 e. The lowest BCUT2D eigenvalue weighted by molar-refractivity contribution is -0.125. The zero-order valence-corrected chi connectivity index (χ0v) is 17.6. The highest BCUT2D eigenvalue weighted by Crippen LogP contribution is 2.34. The first-order valence-corrected chi connectivity index (χ1v) is 10.5. The van der Waals surface area contributed by atoms with Crippen LogP contribution in [0, 0.1) is 5.82 Å². The van der Waals surface area contributed by atoms with Gasteiger partial charge in [0.25, 0.3) is 5.91 Å². The quantitative estimate of drug-likeness (QED) is 0.500. The lowest BCUT2D eigenvalue weighted by Gasteiger charge is -2.36. The molecule has 1 aromatic heterocycles. The molecule has 4 aromatic rings. The molecule has 6 nitrogen and oxygen atoms in total. The van der Waals surface area contributed by atoms with Crippen LogP contribution in [0.3, 0.4) is 0 Å². The number of anilines is 2. The van der Waals surface area contributed by atoms with E-state index >= 15 is 0 Å². The highest BCUT2D eigenvalue weighted by Gasteiger charge is 2.37. The maximum Gasteiger partial charge on any atom is 0.265 e. The van der Waals surface area contributed by atoms with Crippen molar-refractivity contribution in [1.29, 1.82) is 0 Å². The van der Waals surface area contributed by atoms with Crippen LogP contribution in [0.1, 0.15) is 5.56 Å². The third kappa shape index (κ3) is 4.13. The standard InChI is InChI=1S/C26H20FN3O3/c27-19-9-10-22-21(14-19)29-26(32)23(13-17-5-2-1-3-6-17)30(22)25(31)16-33-24-8-4-7-18-15-28-12-11-20(18)24/h1-12,14-15,23H,13,16H2,(H,29,32). The normalized spacial score (nSPS) is 15.1. The average Bonchev–Trinajstić information content (AvgIpc) is 2.83. The lowest BCUT2D eigenvalue weighted by atomic mass is 10.00. The van der Waals surface area contributed by atoms with Gasteiger partial charge in [0.1, 0.15) is 17.6 Å². The van der Waals surface area contributed by atoms with Crippen molar-refractivity contribution >= 4 is 34.0 Å². The molecule has 1 unspecified atom stereocenters. The summed E-state index contributed by atoms with van der Waals surface area (Å²) in [5.74, 6) is -0.724. The number of fused-ring (bicyclic) bond motifs is 2. The molecule has 2 heterocycles. The van der Waals surface area contributed by atoms with Gasteiger partial charge in [0.15, 0.2) is 6.61 Å². The van der Waals surface area contributed by atoms with E-state index in [1.165, 1.54) is 23.1 Å². The van der Waals surface area contributed by atoms with Crippen LogP contribution in [0.5, 0.6) is 5.75 Å². The first kappa shape index (κ1) is 20.6. The number of nitrogens with one attached hydrogen (secondary N) is 1. The number of nitrogens with zero attached hydrogens (tertiary/aromatic N) is 2. The van der Waals surface area contributed by atoms with Gasteiger partial charge in [0.05, 0.1) is 11.4 Å². The van der Waals surface area contributed by atoms with E-state index in [4.69, 9.17) is 4.74 Å². The summed E-state index contributed by atoms with van der Waals surface area (Å²) in [6.45, 7) is -0.281. The van der Waals surface area contributed by atoms with Crippen molar-refractivity contribution in [2.24, 2.45) is 0 Å². The van der Waals surface area contributed by atoms with Gasteiger partial charge in [-0.1, -0.05) is 42.5 Å². The molecule has 5 rings (SSSR count). The zero-order valence-electron chi connectivity index (χ0n) is 17.6. The number of hydrogen-bond donors (Lipinski definition) is 1. The molecular weight excluding hydrogens is 421 g/mol. The van der Waals surface area contributed by atoms with Gasteiger partial charge >= 0.3 is 0 Å². The van der Waals surface area contributed by atoms with Crippen molar-refractivity contribution in [3.8, 4) is 5.75 Å². The van der Waals surface area contributed by atoms with Gasteiger partial charge < -0.3 is 10.1 Å². The summed E-state index contributed by atoms with van der Waals surface area (Å²) in [6.07, 6.45) is 3.70. The van der Waals surface area contributed by atoms with Gasteiger partial charge in [-0.3, -0.25) is 19.5 Å². The number of benzene rings is 3. The molecule has 0 fully saturated rings. The van der Waals surface area contributed by atoms with Crippen LogP contribution in [0.15, 0.2) is 85.2 Å². The first-order chi connectivity index (χ1) is 16.1. The molecule has 1 atom stereocenters. The van der Waals surface area contributed by atoms with E-state index in [0.717, 1.165) is 16.3 Å². The summed E-state index contributed by atoms with van der Waals surface area (Å²) in [5, 5.41) is 4.46. The molecule has 1 N–H and O–H groups in total. The molecule has 33 heavy (non-hydrogen) atoms. The Labute approximate surface area is 189 Å². The lowest BCUT2D eigenvalue weighted by Crippen LogP contribution is -2.53. The molecule has 0 saturated carbocycles. The fourth-order valence-electron chi connectivity index (χ4n) is 4.08. The predicted molar refractivity (Wildman–Crippen MR) is 124 cm³/mol. The monoisotopic (exact) mass is 441 g/mol. The molecule has 0 radical (unpaired) electrons. The number of carbonyl (C=O) groups is 2. The van der Waals surface area contributed by atoms with Crippen molar-refractivity contribution in [2.45, 2.75) is 12.5 Å². The fraction of sp³-hybridized carbons (Fsp3) is 0.115. The van der Waals surface area contributed by atoms with E-state index in [0.29, 0.717) is 17.9 Å². The Balaban J connectivity index is 1.46. The van der Waals surface area contributed by atoms with Crippen LogP contribution in [0.25, 0.3) is 10.8 Å². The minimum absolute atomic E-state index is 0.258. The molecule has 3 aromatic carbocycles. The largest absolute Gasteiger partial charge is 0.483 e. The average molecular weight is 441 g/mol. The van der Waals surface area contributed by atoms with E-state index in [1.54, 1.807) is 18.5 Å². The number of hydrogen-bond acceptors (Lipinski definition) is 4. The number of amides is 2. The minimum Gasteiger partial charge on any atom is -0.483 e. The fourth-order valence-corrected chi connectivity index (χ4v) is 4.08. The Morgan fingerprint density at radius 3 is 2.76 bits per heavy atom. The van der Waals surface area contributed by atoms with Crippen LogP contribution in [0.2, 0.25) is 0 Å². The highest BCUT2D eigenvalue weighted by atomic mass is 19.1. The number of carbonyl (C=O) groups excluding carboxylic acids is 2. The summed E-state index contributed by atoms with van der Waals surface area (Å²) in [7, 11) is 0.